The Balaban J connectivity index is 2.81. The van der Waals surface area contributed by atoms with E-state index in [1.54, 1.807) is 0 Å². The SMILES string of the molecule is CC(C)C[CH]CC=O. The maximum absolute atomic E-state index is 9.76. The van der Waals surface area contributed by atoms with Crippen molar-refractivity contribution < 1.29 is 4.79 Å². The van der Waals surface area contributed by atoms with Crippen LogP contribution in [0, 0.1) is 12.3 Å². The average molecular weight is 113 g/mol. The first-order chi connectivity index (χ1) is 3.77. The number of unbranched alkanes of at least 4 members (excludes halogenated alkanes) is 1. The predicted molar refractivity (Wildman–Crippen MR) is 34.4 cm³/mol. The van der Waals surface area contributed by atoms with Crippen molar-refractivity contribution in [1.82, 2.24) is 0 Å². The minimum absolute atomic E-state index is 0.609. The van der Waals surface area contributed by atoms with Crippen LogP contribution in [0.4, 0.5) is 0 Å². The van der Waals surface area contributed by atoms with Gasteiger partial charge in [0.15, 0.2) is 0 Å². The molecule has 0 aliphatic rings. The Hall–Kier alpha value is -0.330. The Labute approximate surface area is 51.1 Å². The van der Waals surface area contributed by atoms with Crippen LogP contribution in [0.5, 0.6) is 0 Å². The fourth-order valence-corrected chi connectivity index (χ4v) is 0.498. The molecule has 0 aromatic heterocycles. The largest absolute Gasteiger partial charge is 0.303 e. The highest BCUT2D eigenvalue weighted by Gasteiger charge is 1.91. The summed E-state index contributed by atoms with van der Waals surface area (Å²) in [5.41, 5.74) is 0. The van der Waals surface area contributed by atoms with E-state index in [1.807, 2.05) is 6.42 Å². The summed E-state index contributed by atoms with van der Waals surface area (Å²) in [6.07, 6.45) is 4.61. The van der Waals surface area contributed by atoms with Crippen LogP contribution in [0.3, 0.4) is 0 Å². The van der Waals surface area contributed by atoms with E-state index in [9.17, 15) is 4.79 Å². The van der Waals surface area contributed by atoms with Crippen LogP contribution in [0.25, 0.3) is 0 Å². The summed E-state index contributed by atoms with van der Waals surface area (Å²) < 4.78 is 0. The maximum Gasteiger partial charge on any atom is 0.120 e. The molecule has 0 spiro atoms. The predicted octanol–water partition coefficient (Wildman–Crippen LogP) is 1.83. The first-order valence-electron chi connectivity index (χ1n) is 3.02. The Morgan fingerprint density at radius 1 is 1.50 bits per heavy atom. The van der Waals surface area contributed by atoms with Crippen molar-refractivity contribution in [3.05, 3.63) is 6.42 Å². The molecule has 0 atom stereocenters. The van der Waals surface area contributed by atoms with Gasteiger partial charge in [-0.15, -0.1) is 0 Å². The molecule has 1 heteroatoms. The summed E-state index contributed by atoms with van der Waals surface area (Å²) in [7, 11) is 0. The van der Waals surface area contributed by atoms with Gasteiger partial charge in [-0.05, 0) is 18.8 Å². The third-order valence-electron chi connectivity index (χ3n) is 0.901. The molecular weight excluding hydrogens is 100 g/mol. The molecule has 0 aromatic rings. The van der Waals surface area contributed by atoms with Crippen LogP contribution in [0.15, 0.2) is 0 Å². The quantitative estimate of drug-likeness (QED) is 0.401. The van der Waals surface area contributed by atoms with Gasteiger partial charge in [-0.2, -0.15) is 0 Å². The summed E-state index contributed by atoms with van der Waals surface area (Å²) in [5, 5.41) is 0. The summed E-state index contributed by atoms with van der Waals surface area (Å²) >= 11 is 0. The third kappa shape index (κ3) is 5.67. The third-order valence-corrected chi connectivity index (χ3v) is 0.901. The summed E-state index contributed by atoms with van der Waals surface area (Å²) in [6, 6.07) is 0. The second-order valence-corrected chi connectivity index (χ2v) is 2.32. The Bertz CT molecular complexity index is 57.4. The van der Waals surface area contributed by atoms with E-state index in [2.05, 4.69) is 13.8 Å². The molecule has 0 rings (SSSR count). The van der Waals surface area contributed by atoms with E-state index in [0.29, 0.717) is 12.3 Å². The zero-order chi connectivity index (χ0) is 6.41. The Morgan fingerprint density at radius 2 is 2.12 bits per heavy atom. The molecule has 0 N–H and O–H groups in total. The molecule has 0 saturated carbocycles. The molecule has 0 aromatic carbocycles. The highest BCUT2D eigenvalue weighted by Crippen LogP contribution is 2.02. The number of carbonyl (C=O) groups excluding carboxylic acids is 1. The van der Waals surface area contributed by atoms with Gasteiger partial charge in [-0.3, -0.25) is 0 Å². The second kappa shape index (κ2) is 4.82. The van der Waals surface area contributed by atoms with E-state index in [0.717, 1.165) is 12.7 Å². The van der Waals surface area contributed by atoms with Crippen LogP contribution in [0.1, 0.15) is 26.7 Å². The highest BCUT2D eigenvalue weighted by molar-refractivity contribution is 5.50. The zero-order valence-electron chi connectivity index (χ0n) is 5.55. The minimum Gasteiger partial charge on any atom is -0.303 e. The van der Waals surface area contributed by atoms with Crippen LogP contribution in [0.2, 0.25) is 0 Å². The van der Waals surface area contributed by atoms with Gasteiger partial charge in [0.25, 0.3) is 0 Å². The van der Waals surface area contributed by atoms with E-state index in [1.165, 1.54) is 0 Å². The molecule has 1 radical (unpaired) electrons. The van der Waals surface area contributed by atoms with Crippen LogP contribution in [-0.2, 0) is 4.79 Å². The van der Waals surface area contributed by atoms with Gasteiger partial charge >= 0.3 is 0 Å². The fourth-order valence-electron chi connectivity index (χ4n) is 0.498. The summed E-state index contributed by atoms with van der Waals surface area (Å²) in [4.78, 5) is 9.76. The standard InChI is InChI=1S/C7H13O/c1-7(2)5-3-4-6-8/h3,6-7H,4-5H2,1-2H3. The van der Waals surface area contributed by atoms with Gasteiger partial charge in [-0.25, -0.2) is 0 Å². The smallest absolute Gasteiger partial charge is 0.120 e. The fraction of sp³-hybridized carbons (Fsp3) is 0.714. The monoisotopic (exact) mass is 113 g/mol. The Morgan fingerprint density at radius 3 is 2.50 bits per heavy atom. The second-order valence-electron chi connectivity index (χ2n) is 2.32. The van der Waals surface area contributed by atoms with Gasteiger partial charge in [0.05, 0.1) is 0 Å². The van der Waals surface area contributed by atoms with Crippen molar-refractivity contribution >= 4 is 6.29 Å². The van der Waals surface area contributed by atoms with Crippen molar-refractivity contribution in [1.29, 1.82) is 0 Å². The summed E-state index contributed by atoms with van der Waals surface area (Å²) in [6.45, 7) is 4.28. The molecular formula is C7H13O. The lowest BCUT2D eigenvalue weighted by molar-refractivity contribution is -0.107. The lowest BCUT2D eigenvalue weighted by Gasteiger charge is -1.98. The molecule has 8 heavy (non-hydrogen) atoms. The van der Waals surface area contributed by atoms with E-state index >= 15 is 0 Å². The molecule has 0 bridgehead atoms. The van der Waals surface area contributed by atoms with Gasteiger partial charge in [0, 0.05) is 6.42 Å². The van der Waals surface area contributed by atoms with Crippen molar-refractivity contribution in [2.45, 2.75) is 26.7 Å². The van der Waals surface area contributed by atoms with Crippen LogP contribution < -0.4 is 0 Å². The molecule has 0 unspecified atom stereocenters. The molecule has 0 aliphatic heterocycles. The maximum atomic E-state index is 9.76. The molecule has 0 aliphatic carbocycles. The number of hydrogen-bond acceptors (Lipinski definition) is 1. The summed E-state index contributed by atoms with van der Waals surface area (Å²) in [5.74, 6) is 0.690. The average Bonchev–Trinajstić information content (AvgIpc) is 1.66. The van der Waals surface area contributed by atoms with Crippen molar-refractivity contribution in [3.63, 3.8) is 0 Å². The van der Waals surface area contributed by atoms with Gasteiger partial charge in [-0.1, -0.05) is 13.8 Å². The van der Waals surface area contributed by atoms with Gasteiger partial charge in [0.1, 0.15) is 6.29 Å². The van der Waals surface area contributed by atoms with Gasteiger partial charge < -0.3 is 4.79 Å². The van der Waals surface area contributed by atoms with Gasteiger partial charge in [0.2, 0.25) is 0 Å². The first-order valence-corrected chi connectivity index (χ1v) is 3.02. The number of carbonyl (C=O) groups is 1. The number of rotatable bonds is 4. The lowest BCUT2D eigenvalue weighted by atomic mass is 10.1. The number of hydrogen-bond donors (Lipinski definition) is 0. The first kappa shape index (κ1) is 7.67. The molecule has 47 valence electrons. The Kier molecular flexibility index (Phi) is 4.62. The van der Waals surface area contributed by atoms with Crippen LogP contribution in [-0.4, -0.2) is 6.29 Å². The van der Waals surface area contributed by atoms with Crippen molar-refractivity contribution in [2.75, 3.05) is 0 Å². The normalized spacial score (nSPS) is 9.88. The molecule has 0 heterocycles. The molecule has 0 amide bonds. The molecule has 0 fully saturated rings. The molecule has 1 nitrogen and oxygen atoms in total. The highest BCUT2D eigenvalue weighted by atomic mass is 16.1. The van der Waals surface area contributed by atoms with Crippen molar-refractivity contribution in [2.24, 2.45) is 5.92 Å². The zero-order valence-corrected chi connectivity index (χ0v) is 5.55. The van der Waals surface area contributed by atoms with E-state index < -0.39 is 0 Å². The topological polar surface area (TPSA) is 17.1 Å². The van der Waals surface area contributed by atoms with E-state index in [4.69, 9.17) is 0 Å². The lowest BCUT2D eigenvalue weighted by Crippen LogP contribution is -1.87. The van der Waals surface area contributed by atoms with E-state index in [-0.39, 0.29) is 0 Å². The molecule has 0 saturated heterocycles. The van der Waals surface area contributed by atoms with Crippen LogP contribution >= 0.6 is 0 Å². The van der Waals surface area contributed by atoms with Crippen molar-refractivity contribution in [3.8, 4) is 0 Å². The minimum atomic E-state index is 0.609. The number of aldehydes is 1.